The van der Waals surface area contributed by atoms with Crippen LogP contribution in [0.15, 0.2) is 61.1 Å². The molecule has 0 radical (unpaired) electrons. The molecule has 3 aromatic heterocycles. The van der Waals surface area contributed by atoms with Gasteiger partial charge in [-0.1, -0.05) is 35.3 Å². The van der Waals surface area contributed by atoms with Crippen molar-refractivity contribution >= 4 is 51.2 Å². The van der Waals surface area contributed by atoms with Gasteiger partial charge in [0.25, 0.3) is 0 Å². The number of hydrogen-bond acceptors (Lipinski definition) is 7. The van der Waals surface area contributed by atoms with Crippen LogP contribution in [0.4, 0.5) is 25.8 Å². The zero-order valence-electron chi connectivity index (χ0n) is 18.1. The number of H-pyrrole nitrogens is 1. The largest absolute Gasteiger partial charge is 0.371 e. The maximum absolute atomic E-state index is 13.6. The van der Waals surface area contributed by atoms with E-state index >= 15 is 0 Å². The maximum Gasteiger partial charge on any atom is 0.231 e. The molecule has 8 nitrogen and oxygen atoms in total. The van der Waals surface area contributed by atoms with E-state index in [1.165, 1.54) is 30.6 Å². The second kappa shape index (κ2) is 9.73. The van der Waals surface area contributed by atoms with Gasteiger partial charge in [-0.15, -0.1) is 0 Å². The van der Waals surface area contributed by atoms with Gasteiger partial charge in [0, 0.05) is 16.6 Å². The Kier molecular flexibility index (Phi) is 6.33. The number of fused-ring (bicyclic) bond motifs is 1. The molecule has 3 N–H and O–H groups in total. The van der Waals surface area contributed by atoms with Crippen molar-refractivity contribution in [3.63, 3.8) is 0 Å². The molecule has 5 aromatic rings. The summed E-state index contributed by atoms with van der Waals surface area (Å²) in [7, 11) is 0. The van der Waals surface area contributed by atoms with Crippen molar-refractivity contribution in [3.8, 4) is 6.07 Å². The molecule has 12 heteroatoms. The number of aromatic amines is 1. The van der Waals surface area contributed by atoms with Crippen molar-refractivity contribution in [2.45, 2.75) is 6.04 Å². The average molecular weight is 523 g/mol. The summed E-state index contributed by atoms with van der Waals surface area (Å²) >= 11 is 12.3. The second-order valence-corrected chi connectivity index (χ2v) is 8.50. The van der Waals surface area contributed by atoms with Gasteiger partial charge in [0.05, 0.1) is 51.6 Å². The van der Waals surface area contributed by atoms with Crippen LogP contribution < -0.4 is 10.6 Å². The van der Waals surface area contributed by atoms with Gasteiger partial charge >= 0.3 is 0 Å². The highest BCUT2D eigenvalue weighted by Crippen LogP contribution is 2.37. The Morgan fingerprint density at radius 1 is 1.00 bits per heavy atom. The summed E-state index contributed by atoms with van der Waals surface area (Å²) in [5, 5.41) is 27.5. The highest BCUT2D eigenvalue weighted by molar-refractivity contribution is 6.32. The van der Waals surface area contributed by atoms with Gasteiger partial charge in [-0.05, 0) is 35.9 Å². The lowest BCUT2D eigenvalue weighted by atomic mass is 10.0. The number of rotatable bonds is 6. The van der Waals surface area contributed by atoms with Gasteiger partial charge < -0.3 is 10.6 Å². The van der Waals surface area contributed by atoms with Gasteiger partial charge in [-0.2, -0.15) is 25.1 Å². The van der Waals surface area contributed by atoms with Crippen molar-refractivity contribution in [1.82, 2.24) is 25.4 Å². The monoisotopic (exact) mass is 522 g/mol. The van der Waals surface area contributed by atoms with Crippen molar-refractivity contribution in [3.05, 3.63) is 99.7 Å². The molecule has 0 bridgehead atoms. The van der Waals surface area contributed by atoms with E-state index in [2.05, 4.69) is 42.1 Å². The minimum Gasteiger partial charge on any atom is -0.371 e. The molecule has 0 aliphatic rings. The molecule has 5 rings (SSSR count). The Bertz CT molecular complexity index is 1600. The fraction of sp³-hybridized carbons (Fsp3) is 0.0417. The molecule has 0 spiro atoms. The molecular formula is C24H14Cl2F2N8. The van der Waals surface area contributed by atoms with Crippen LogP contribution >= 0.6 is 23.2 Å². The smallest absolute Gasteiger partial charge is 0.231 e. The highest BCUT2D eigenvalue weighted by Gasteiger charge is 2.21. The topological polar surface area (TPSA) is 115 Å². The number of nitrogens with zero attached hydrogens (tertiary/aromatic N) is 5. The molecule has 178 valence electrons. The summed E-state index contributed by atoms with van der Waals surface area (Å²) in [5.41, 5.74) is 3.26. The number of benzene rings is 2. The lowest BCUT2D eigenvalue weighted by molar-refractivity contribution is 0.584. The van der Waals surface area contributed by atoms with Crippen molar-refractivity contribution in [1.29, 1.82) is 5.26 Å². The van der Waals surface area contributed by atoms with Crippen LogP contribution in [-0.4, -0.2) is 25.4 Å². The summed E-state index contributed by atoms with van der Waals surface area (Å²) in [6, 6.07) is 12.2. The number of pyridine rings is 2. The number of hydrogen-bond donors (Lipinski definition) is 3. The Morgan fingerprint density at radius 2 is 1.81 bits per heavy atom. The third-order valence-corrected chi connectivity index (χ3v) is 5.84. The first-order chi connectivity index (χ1) is 17.4. The molecule has 2 aromatic carbocycles. The molecule has 0 amide bonds. The zero-order valence-corrected chi connectivity index (χ0v) is 19.6. The molecular weight excluding hydrogens is 509 g/mol. The summed E-state index contributed by atoms with van der Waals surface area (Å²) in [6.07, 6.45) is 4.21. The Balaban J connectivity index is 1.63. The van der Waals surface area contributed by atoms with Crippen molar-refractivity contribution in [2.24, 2.45) is 0 Å². The number of aromatic nitrogens is 5. The fourth-order valence-electron chi connectivity index (χ4n) is 3.72. The minimum absolute atomic E-state index is 0.174. The number of halogens is 4. The second-order valence-electron chi connectivity index (χ2n) is 7.65. The minimum atomic E-state index is -0.809. The first-order valence-electron chi connectivity index (χ1n) is 10.4. The standard InChI is InChI=1S/C24H14Cl2F2N8/c25-14-5-17-21(33-16-7-18(26)24(28)31-10-16)13(8-29)9-30-23(17)19(6-14)34-22(20-11-32-36-35-20)12-1-3-15(27)4-2-12/h1-7,9-11,22,34H,(H,30,33)(H,32,35,36)/t22-/m0/s1. The normalized spacial score (nSPS) is 11.8. The van der Waals surface area contributed by atoms with E-state index < -0.39 is 12.0 Å². The van der Waals surface area contributed by atoms with Crippen LogP contribution in [0.3, 0.4) is 0 Å². The van der Waals surface area contributed by atoms with Crippen LogP contribution in [0.5, 0.6) is 0 Å². The SMILES string of the molecule is N#Cc1cnc2c(N[C@@H](c3ccc(F)cc3)c3cn[nH]n3)cc(Cl)cc2c1Nc1cnc(F)c(Cl)c1. The van der Waals surface area contributed by atoms with E-state index in [1.807, 2.05) is 0 Å². The van der Waals surface area contributed by atoms with Crippen molar-refractivity contribution < 1.29 is 8.78 Å². The van der Waals surface area contributed by atoms with E-state index in [1.54, 1.807) is 30.5 Å². The third-order valence-electron chi connectivity index (χ3n) is 5.35. The Hall–Kier alpha value is -4.33. The van der Waals surface area contributed by atoms with E-state index in [0.29, 0.717) is 38.7 Å². The molecule has 0 saturated carbocycles. The first-order valence-corrected chi connectivity index (χ1v) is 11.2. The van der Waals surface area contributed by atoms with E-state index in [-0.39, 0.29) is 16.4 Å². The van der Waals surface area contributed by atoms with E-state index in [9.17, 15) is 14.0 Å². The van der Waals surface area contributed by atoms with Gasteiger partial charge in [-0.3, -0.25) is 4.98 Å². The molecule has 0 unspecified atom stereocenters. The average Bonchev–Trinajstić information content (AvgIpc) is 3.40. The molecule has 0 fully saturated rings. The predicted molar refractivity (Wildman–Crippen MR) is 132 cm³/mol. The maximum atomic E-state index is 13.6. The number of nitriles is 1. The zero-order chi connectivity index (χ0) is 25.2. The number of anilines is 3. The lowest BCUT2D eigenvalue weighted by Gasteiger charge is -2.20. The van der Waals surface area contributed by atoms with E-state index in [0.717, 1.165) is 5.56 Å². The summed E-state index contributed by atoms with van der Waals surface area (Å²) < 4.78 is 27.1. The van der Waals surface area contributed by atoms with Gasteiger partial charge in [0.1, 0.15) is 17.6 Å². The number of nitrogens with one attached hydrogen (secondary N) is 3. The van der Waals surface area contributed by atoms with Gasteiger partial charge in [-0.25, -0.2) is 9.37 Å². The van der Waals surface area contributed by atoms with E-state index in [4.69, 9.17) is 23.2 Å². The van der Waals surface area contributed by atoms with Crippen molar-refractivity contribution in [2.75, 3.05) is 10.6 Å². The van der Waals surface area contributed by atoms with Crippen LogP contribution in [0.25, 0.3) is 10.9 Å². The summed E-state index contributed by atoms with van der Waals surface area (Å²) in [5.74, 6) is -1.18. The Morgan fingerprint density at radius 3 is 2.50 bits per heavy atom. The quantitative estimate of drug-likeness (QED) is 0.229. The molecule has 3 heterocycles. The van der Waals surface area contributed by atoms with Gasteiger partial charge in [0.2, 0.25) is 5.95 Å². The summed E-state index contributed by atoms with van der Waals surface area (Å²) in [4.78, 5) is 8.09. The van der Waals surface area contributed by atoms with Crippen LogP contribution in [0, 0.1) is 23.1 Å². The molecule has 0 saturated heterocycles. The van der Waals surface area contributed by atoms with Crippen LogP contribution in [0.1, 0.15) is 22.9 Å². The fourth-order valence-corrected chi connectivity index (χ4v) is 4.10. The lowest BCUT2D eigenvalue weighted by Crippen LogP contribution is -2.14. The molecule has 0 aliphatic carbocycles. The predicted octanol–water partition coefficient (Wildman–Crippen LogP) is 6.15. The molecule has 1 atom stereocenters. The third kappa shape index (κ3) is 4.62. The summed E-state index contributed by atoms with van der Waals surface area (Å²) in [6.45, 7) is 0. The van der Waals surface area contributed by atoms with Crippen LogP contribution in [0.2, 0.25) is 10.0 Å². The Labute approximate surface area is 212 Å². The van der Waals surface area contributed by atoms with Gasteiger partial charge in [0.15, 0.2) is 0 Å². The van der Waals surface area contributed by atoms with Crippen LogP contribution in [-0.2, 0) is 0 Å². The highest BCUT2D eigenvalue weighted by atomic mass is 35.5. The molecule has 0 aliphatic heterocycles. The molecule has 36 heavy (non-hydrogen) atoms. The first kappa shape index (κ1) is 23.4.